The molecule has 1 aliphatic rings. The highest BCUT2D eigenvalue weighted by molar-refractivity contribution is 5.95. The molecule has 8 heteroatoms. The van der Waals surface area contributed by atoms with Crippen LogP contribution in [0.4, 0.5) is 5.82 Å². The molecule has 3 aromatic rings. The van der Waals surface area contributed by atoms with E-state index in [1.807, 2.05) is 13.0 Å². The van der Waals surface area contributed by atoms with Crippen molar-refractivity contribution in [3.63, 3.8) is 0 Å². The van der Waals surface area contributed by atoms with Crippen LogP contribution >= 0.6 is 0 Å². The smallest absolute Gasteiger partial charge is 0.233 e. The Labute approximate surface area is 149 Å². The first-order valence-corrected chi connectivity index (χ1v) is 8.13. The molecule has 0 fully saturated rings. The molecule has 26 heavy (non-hydrogen) atoms. The largest absolute Gasteiger partial charge is 0.508 e. The van der Waals surface area contributed by atoms with Crippen molar-refractivity contribution < 1.29 is 14.6 Å². The number of carbonyl (C=O) groups is 1. The minimum absolute atomic E-state index is 0.117. The van der Waals surface area contributed by atoms with Crippen LogP contribution in [-0.4, -0.2) is 38.1 Å². The van der Waals surface area contributed by atoms with E-state index in [1.54, 1.807) is 35.0 Å². The van der Waals surface area contributed by atoms with Crippen LogP contribution in [0.25, 0.3) is 5.82 Å². The Kier molecular flexibility index (Phi) is 3.80. The van der Waals surface area contributed by atoms with E-state index in [4.69, 9.17) is 4.74 Å². The lowest BCUT2D eigenvalue weighted by molar-refractivity contribution is -0.116. The van der Waals surface area contributed by atoms with E-state index in [0.717, 1.165) is 16.8 Å². The average molecular weight is 351 g/mol. The molecular formula is C18H17N5O3. The van der Waals surface area contributed by atoms with Gasteiger partial charge in [-0.05, 0) is 30.7 Å². The highest BCUT2D eigenvalue weighted by Gasteiger charge is 2.33. The average Bonchev–Trinajstić information content (AvgIpc) is 2.97. The van der Waals surface area contributed by atoms with Gasteiger partial charge in [0.15, 0.2) is 5.82 Å². The number of methoxy groups -OCH3 is 1. The molecule has 0 aliphatic carbocycles. The van der Waals surface area contributed by atoms with Gasteiger partial charge in [-0.15, -0.1) is 10.2 Å². The number of aromatic nitrogens is 4. The highest BCUT2D eigenvalue weighted by atomic mass is 16.5. The number of phenols is 1. The third-order valence-corrected chi connectivity index (χ3v) is 4.43. The van der Waals surface area contributed by atoms with Crippen LogP contribution in [-0.2, 0) is 4.79 Å². The molecule has 0 unspecified atom stereocenters. The third kappa shape index (κ3) is 2.65. The Morgan fingerprint density at radius 2 is 2.12 bits per heavy atom. The molecular weight excluding hydrogens is 334 g/mol. The number of rotatable bonds is 3. The Balaban J connectivity index is 1.84. The lowest BCUT2D eigenvalue weighted by Gasteiger charge is -2.24. The second-order valence-electron chi connectivity index (χ2n) is 6.09. The van der Waals surface area contributed by atoms with Gasteiger partial charge in [0.25, 0.3) is 0 Å². The molecule has 1 amide bonds. The first-order valence-electron chi connectivity index (χ1n) is 8.13. The maximum absolute atomic E-state index is 12.3. The van der Waals surface area contributed by atoms with Crippen LogP contribution in [0, 0.1) is 6.92 Å². The fourth-order valence-electron chi connectivity index (χ4n) is 3.27. The molecule has 1 aromatic carbocycles. The maximum atomic E-state index is 12.3. The van der Waals surface area contributed by atoms with Crippen LogP contribution in [0.3, 0.4) is 0 Å². The zero-order chi connectivity index (χ0) is 18.3. The first kappa shape index (κ1) is 16.1. The molecule has 4 rings (SSSR count). The second-order valence-corrected chi connectivity index (χ2v) is 6.09. The minimum atomic E-state index is -0.189. The number of aromatic hydroxyl groups is 1. The van der Waals surface area contributed by atoms with E-state index in [2.05, 4.69) is 20.6 Å². The van der Waals surface area contributed by atoms with Crippen LogP contribution in [0.5, 0.6) is 11.6 Å². The number of fused-ring (bicyclic) bond motifs is 1. The molecule has 3 heterocycles. The number of ether oxygens (including phenoxy) is 1. The number of aryl methyl sites for hydroxylation is 1. The van der Waals surface area contributed by atoms with Crippen molar-refractivity contribution in [3.8, 4) is 17.4 Å². The number of carbonyl (C=O) groups excluding carboxylic acids is 1. The van der Waals surface area contributed by atoms with E-state index in [9.17, 15) is 9.90 Å². The van der Waals surface area contributed by atoms with Gasteiger partial charge in [-0.3, -0.25) is 4.79 Å². The van der Waals surface area contributed by atoms with Gasteiger partial charge >= 0.3 is 0 Å². The van der Waals surface area contributed by atoms with Crippen molar-refractivity contribution in [3.05, 3.63) is 53.2 Å². The van der Waals surface area contributed by atoms with Gasteiger partial charge in [-0.25, -0.2) is 0 Å². The number of anilines is 1. The standard InChI is InChI=1S/C18H17N5O3/c1-10-17-13(11-4-3-5-12(24)8-11)9-15(25)19-18(17)23(22-10)14-6-7-16(26-2)21-20-14/h3-8,13,24H,9H2,1-2H3,(H,19,25)/t13-/m0/s1. The van der Waals surface area contributed by atoms with Gasteiger partial charge in [0.1, 0.15) is 11.6 Å². The molecule has 2 N–H and O–H groups in total. The van der Waals surface area contributed by atoms with Crippen LogP contribution in [0.1, 0.15) is 29.2 Å². The molecule has 0 radical (unpaired) electrons. The van der Waals surface area contributed by atoms with Crippen molar-refractivity contribution in [2.24, 2.45) is 0 Å². The van der Waals surface area contributed by atoms with Gasteiger partial charge in [-0.2, -0.15) is 9.78 Å². The minimum Gasteiger partial charge on any atom is -0.508 e. The summed E-state index contributed by atoms with van der Waals surface area (Å²) in [5.41, 5.74) is 2.56. The first-order chi connectivity index (χ1) is 12.6. The molecule has 2 aromatic heterocycles. The van der Waals surface area contributed by atoms with Crippen LogP contribution in [0.2, 0.25) is 0 Å². The summed E-state index contributed by atoms with van der Waals surface area (Å²) in [6, 6.07) is 10.4. The van der Waals surface area contributed by atoms with E-state index >= 15 is 0 Å². The fraction of sp³-hybridized carbons (Fsp3) is 0.222. The molecule has 1 atom stereocenters. The number of hydrogen-bond donors (Lipinski definition) is 2. The summed E-state index contributed by atoms with van der Waals surface area (Å²) in [5, 5.41) is 25.3. The quantitative estimate of drug-likeness (QED) is 0.750. The molecule has 0 bridgehead atoms. The number of hydrogen-bond acceptors (Lipinski definition) is 6. The van der Waals surface area contributed by atoms with Gasteiger partial charge in [-0.1, -0.05) is 12.1 Å². The Bertz CT molecular complexity index is 981. The molecule has 0 saturated heterocycles. The van der Waals surface area contributed by atoms with Gasteiger partial charge in [0.05, 0.1) is 12.8 Å². The number of benzene rings is 1. The summed E-state index contributed by atoms with van der Waals surface area (Å²) in [5.74, 6) is 1.31. The summed E-state index contributed by atoms with van der Waals surface area (Å²) in [7, 11) is 1.52. The van der Waals surface area contributed by atoms with Crippen LogP contribution < -0.4 is 10.1 Å². The number of phenolic OH excluding ortho intramolecular Hbond substituents is 1. The fourth-order valence-corrected chi connectivity index (χ4v) is 3.27. The van der Waals surface area contributed by atoms with E-state index < -0.39 is 0 Å². The predicted molar refractivity (Wildman–Crippen MR) is 93.6 cm³/mol. The third-order valence-electron chi connectivity index (χ3n) is 4.43. The van der Waals surface area contributed by atoms with E-state index in [0.29, 0.717) is 17.5 Å². The van der Waals surface area contributed by atoms with E-state index in [-0.39, 0.29) is 24.0 Å². The predicted octanol–water partition coefficient (Wildman–Crippen LogP) is 2.16. The van der Waals surface area contributed by atoms with Gasteiger partial charge in [0.2, 0.25) is 11.8 Å². The number of nitrogens with one attached hydrogen (secondary N) is 1. The number of amides is 1. The SMILES string of the molecule is COc1ccc(-n2nc(C)c3c2NC(=O)C[C@H]3c2cccc(O)c2)nn1. The summed E-state index contributed by atoms with van der Waals surface area (Å²) >= 11 is 0. The highest BCUT2D eigenvalue weighted by Crippen LogP contribution is 2.40. The molecule has 0 spiro atoms. The normalized spacial score (nSPS) is 16.1. The van der Waals surface area contributed by atoms with E-state index in [1.165, 1.54) is 7.11 Å². The topological polar surface area (TPSA) is 102 Å². The second kappa shape index (κ2) is 6.14. The summed E-state index contributed by atoms with van der Waals surface area (Å²) in [4.78, 5) is 12.3. The summed E-state index contributed by atoms with van der Waals surface area (Å²) < 4.78 is 6.60. The van der Waals surface area contributed by atoms with Crippen molar-refractivity contribution in [2.45, 2.75) is 19.3 Å². The van der Waals surface area contributed by atoms with Crippen molar-refractivity contribution in [2.75, 3.05) is 12.4 Å². The Morgan fingerprint density at radius 1 is 1.27 bits per heavy atom. The zero-order valence-electron chi connectivity index (χ0n) is 14.3. The van der Waals surface area contributed by atoms with Crippen LogP contribution in [0.15, 0.2) is 36.4 Å². The molecule has 132 valence electrons. The molecule has 8 nitrogen and oxygen atoms in total. The lowest BCUT2D eigenvalue weighted by atomic mass is 9.86. The van der Waals surface area contributed by atoms with Crippen molar-refractivity contribution >= 4 is 11.7 Å². The Hall–Kier alpha value is -3.42. The monoisotopic (exact) mass is 351 g/mol. The van der Waals surface area contributed by atoms with Gasteiger partial charge < -0.3 is 15.2 Å². The maximum Gasteiger partial charge on any atom is 0.233 e. The lowest BCUT2D eigenvalue weighted by Crippen LogP contribution is -2.25. The zero-order valence-corrected chi connectivity index (χ0v) is 14.3. The number of nitrogens with zero attached hydrogens (tertiary/aromatic N) is 4. The summed E-state index contributed by atoms with van der Waals surface area (Å²) in [6.07, 6.45) is 0.289. The van der Waals surface area contributed by atoms with Crippen molar-refractivity contribution in [1.29, 1.82) is 0 Å². The molecule has 1 aliphatic heterocycles. The molecule has 0 saturated carbocycles. The van der Waals surface area contributed by atoms with Crippen molar-refractivity contribution in [1.82, 2.24) is 20.0 Å². The van der Waals surface area contributed by atoms with Gasteiger partial charge in [0, 0.05) is 24.0 Å². The summed E-state index contributed by atoms with van der Waals surface area (Å²) in [6.45, 7) is 1.89. The Morgan fingerprint density at radius 3 is 2.81 bits per heavy atom.